The zero-order valence-corrected chi connectivity index (χ0v) is 40.8. The minimum Gasteiger partial charge on any atom is -0.399 e. The van der Waals surface area contributed by atoms with Crippen LogP contribution >= 0.6 is 11.6 Å². The number of nitrogens with two attached hydrogens (primary N) is 2. The first-order valence-corrected chi connectivity index (χ1v) is 22.5. The molecule has 3 aromatic heterocycles. The Balaban J connectivity index is 0.000000174. The van der Waals surface area contributed by atoms with E-state index >= 15 is 0 Å². The van der Waals surface area contributed by atoms with Gasteiger partial charge in [-0.25, -0.2) is 15.0 Å². The van der Waals surface area contributed by atoms with Crippen molar-refractivity contribution in [1.82, 2.24) is 24.9 Å². The van der Waals surface area contributed by atoms with Crippen molar-refractivity contribution >= 4 is 59.2 Å². The van der Waals surface area contributed by atoms with Crippen molar-refractivity contribution in [3.63, 3.8) is 0 Å². The minimum absolute atomic E-state index is 0. The standard InChI is InChI=1S/C19H22F3N5O2.C12H16BF3N2O2.C12H17ClN4O2.Pd/c20-19(21,22)15-11-13(23)1-2-14(15)16-12-17(26-3-7-28-8-4-26)25-18(24-16)27-5-9-29-10-6-27;1-10(2)11(3,4)20-13(19-10)8-6-18-9(17)5-7(8)12(14,15)16;13-10-9-11(16-1-5-18-6-2-16)15-12(14-10)17-3-7-19-8-4-17;/h1-2,11-12H,3-10,23H2;5-6H,1-4H3,(H2,17,18);9H,1-8H2;. The van der Waals surface area contributed by atoms with Crippen molar-refractivity contribution in [3.05, 3.63) is 58.9 Å². The summed E-state index contributed by atoms with van der Waals surface area (Å²) in [5, 5.41) is 0.484. The molecule has 26 heteroatoms. The van der Waals surface area contributed by atoms with Crippen LogP contribution in [-0.2, 0) is 61.0 Å². The SMILES string of the molecule is CC1(C)OB(c2cnc(N)cc2C(F)(F)F)OC1(C)C.Clc1cc(N2CCOCC2)nc(N2CCOCC2)n1.Nc1ccc(-c2cc(N3CCOCC3)nc(N3CCOCC3)n2)c(C(F)(F)F)c1.[Pd]. The minimum atomic E-state index is -4.55. The fraction of sp³-hybridized carbons (Fsp3) is 0.558. The quantitative estimate of drug-likeness (QED) is 0.111. The van der Waals surface area contributed by atoms with Gasteiger partial charge in [-0.1, -0.05) is 17.7 Å². The first-order chi connectivity index (χ1) is 32.2. The number of benzene rings is 1. The maximum absolute atomic E-state index is 13.7. The molecule has 5 saturated heterocycles. The van der Waals surface area contributed by atoms with Gasteiger partial charge in [-0.15, -0.1) is 0 Å². The molecule has 4 N–H and O–H groups in total. The van der Waals surface area contributed by atoms with Crippen LogP contribution in [0, 0.1) is 0 Å². The van der Waals surface area contributed by atoms with Crippen LogP contribution in [0.25, 0.3) is 11.3 Å². The summed E-state index contributed by atoms with van der Waals surface area (Å²) in [6.45, 7) is 17.8. The van der Waals surface area contributed by atoms with E-state index in [4.69, 9.17) is 51.3 Å². The molecule has 0 unspecified atom stereocenters. The fourth-order valence-electron chi connectivity index (χ4n) is 7.58. The fourth-order valence-corrected chi connectivity index (χ4v) is 7.75. The number of halogens is 7. The third kappa shape index (κ3) is 13.8. The molecule has 0 spiro atoms. The topological polar surface area (TPSA) is 185 Å². The summed E-state index contributed by atoms with van der Waals surface area (Å²) >= 11 is 6.12. The normalized spacial score (nSPS) is 19.5. The van der Waals surface area contributed by atoms with Gasteiger partial charge < -0.3 is 59.3 Å². The number of morpholine rings is 4. The molecule has 5 aliphatic heterocycles. The van der Waals surface area contributed by atoms with Crippen LogP contribution in [-0.4, -0.2) is 148 Å². The number of alkyl halides is 6. The molecular weight excluding hydrogens is 1030 g/mol. The Morgan fingerprint density at radius 2 is 1.01 bits per heavy atom. The number of hydrogen-bond donors (Lipinski definition) is 2. The van der Waals surface area contributed by atoms with E-state index in [1.54, 1.807) is 33.8 Å². The Bertz CT molecular complexity index is 2250. The van der Waals surface area contributed by atoms with Gasteiger partial charge in [-0.3, -0.25) is 0 Å². The van der Waals surface area contributed by atoms with Crippen LogP contribution in [0.4, 0.5) is 61.4 Å². The second kappa shape index (κ2) is 22.8. The molecule has 5 fully saturated rings. The van der Waals surface area contributed by atoms with Gasteiger partial charge in [0.1, 0.15) is 22.6 Å². The van der Waals surface area contributed by atoms with Gasteiger partial charge in [-0.05, 0) is 45.9 Å². The van der Waals surface area contributed by atoms with Gasteiger partial charge in [0.05, 0.1) is 80.9 Å². The molecule has 5 aliphatic rings. The Hall–Kier alpha value is -4.31. The molecule has 1 aromatic carbocycles. The van der Waals surface area contributed by atoms with Crippen molar-refractivity contribution in [2.45, 2.75) is 51.2 Å². The van der Waals surface area contributed by atoms with Crippen molar-refractivity contribution in [1.29, 1.82) is 0 Å². The van der Waals surface area contributed by atoms with Gasteiger partial charge in [0.25, 0.3) is 0 Å². The van der Waals surface area contributed by atoms with Crippen molar-refractivity contribution in [3.8, 4) is 11.3 Å². The number of nitrogen functional groups attached to an aromatic ring is 2. The van der Waals surface area contributed by atoms with E-state index in [2.05, 4.69) is 34.7 Å². The average Bonchev–Trinajstić information content (AvgIpc) is 3.54. The van der Waals surface area contributed by atoms with Gasteiger partial charge >= 0.3 is 19.5 Å². The smallest absolute Gasteiger partial charge is 0.399 e. The van der Waals surface area contributed by atoms with Crippen LogP contribution in [0.3, 0.4) is 0 Å². The Kier molecular flexibility index (Phi) is 17.9. The number of pyridine rings is 1. The molecule has 0 aliphatic carbocycles. The number of nitrogens with zero attached hydrogens (tertiary/aromatic N) is 9. The summed E-state index contributed by atoms with van der Waals surface area (Å²) in [5.74, 6) is 2.36. The van der Waals surface area contributed by atoms with E-state index in [9.17, 15) is 26.3 Å². The molecule has 17 nitrogen and oxygen atoms in total. The molecule has 69 heavy (non-hydrogen) atoms. The molecular formula is C43H55BClF6N11O6Pd. The third-order valence-corrected chi connectivity index (χ3v) is 12.2. The van der Waals surface area contributed by atoms with E-state index in [1.807, 2.05) is 15.9 Å². The molecule has 380 valence electrons. The van der Waals surface area contributed by atoms with Gasteiger partial charge in [0, 0.05) is 108 Å². The number of rotatable bonds is 6. The second-order valence-corrected chi connectivity index (χ2v) is 17.6. The van der Waals surface area contributed by atoms with Crippen molar-refractivity contribution in [2.24, 2.45) is 0 Å². The molecule has 8 heterocycles. The largest absolute Gasteiger partial charge is 0.497 e. The molecule has 4 aromatic rings. The molecule has 0 atom stereocenters. The van der Waals surface area contributed by atoms with Crippen LogP contribution in [0.15, 0.2) is 42.6 Å². The molecule has 0 saturated carbocycles. The molecule has 0 amide bonds. The summed E-state index contributed by atoms with van der Waals surface area (Å²) in [7, 11) is -1.12. The van der Waals surface area contributed by atoms with E-state index < -0.39 is 41.8 Å². The van der Waals surface area contributed by atoms with E-state index in [0.717, 1.165) is 63.5 Å². The predicted octanol–water partition coefficient (Wildman–Crippen LogP) is 5.20. The van der Waals surface area contributed by atoms with Crippen LogP contribution in [0.2, 0.25) is 5.15 Å². The van der Waals surface area contributed by atoms with Crippen LogP contribution < -0.4 is 36.5 Å². The van der Waals surface area contributed by atoms with Gasteiger partial charge in [0.15, 0.2) is 0 Å². The average molecular weight is 1090 g/mol. The second-order valence-electron chi connectivity index (χ2n) is 17.2. The summed E-state index contributed by atoms with van der Waals surface area (Å²) in [4.78, 5) is 30.0. The summed E-state index contributed by atoms with van der Waals surface area (Å²) in [5.41, 5.74) is 7.91. The molecule has 9 rings (SSSR count). The number of ether oxygens (including phenoxy) is 4. The van der Waals surface area contributed by atoms with E-state index in [-0.39, 0.29) is 48.6 Å². The first kappa shape index (κ1) is 54.0. The third-order valence-electron chi connectivity index (χ3n) is 12.0. The molecule has 0 bridgehead atoms. The summed E-state index contributed by atoms with van der Waals surface area (Å²) < 4.78 is 113. The maximum Gasteiger partial charge on any atom is 0.497 e. The predicted molar refractivity (Wildman–Crippen MR) is 245 cm³/mol. The monoisotopic (exact) mass is 1090 g/mol. The van der Waals surface area contributed by atoms with Gasteiger partial charge in [0.2, 0.25) is 11.9 Å². The zero-order valence-electron chi connectivity index (χ0n) is 38.5. The Morgan fingerprint density at radius 1 is 0.580 bits per heavy atom. The zero-order chi connectivity index (χ0) is 48.9. The van der Waals surface area contributed by atoms with E-state index in [0.29, 0.717) is 88.7 Å². The number of anilines is 6. The first-order valence-electron chi connectivity index (χ1n) is 22.1. The van der Waals surface area contributed by atoms with Crippen LogP contribution in [0.5, 0.6) is 0 Å². The van der Waals surface area contributed by atoms with Gasteiger partial charge in [-0.2, -0.15) is 36.3 Å². The van der Waals surface area contributed by atoms with Crippen LogP contribution in [0.1, 0.15) is 38.8 Å². The molecule has 0 radical (unpaired) electrons. The summed E-state index contributed by atoms with van der Waals surface area (Å²) in [6.07, 6.45) is -8.04. The Labute approximate surface area is 415 Å². The van der Waals surface area contributed by atoms with Crippen molar-refractivity contribution in [2.75, 3.05) is 136 Å². The maximum atomic E-state index is 13.7. The summed E-state index contributed by atoms with van der Waals surface area (Å²) in [6, 6.07) is 7.98. The Morgan fingerprint density at radius 3 is 1.48 bits per heavy atom. The van der Waals surface area contributed by atoms with Crippen molar-refractivity contribution < 1.29 is 75.0 Å². The number of hydrogen-bond acceptors (Lipinski definition) is 17. The van der Waals surface area contributed by atoms with E-state index in [1.165, 1.54) is 12.1 Å². The number of aromatic nitrogens is 5.